The molecule has 3 nitrogen and oxygen atoms in total. The number of quaternary nitrogens is 1. The summed E-state index contributed by atoms with van der Waals surface area (Å²) in [5, 5.41) is 0. The van der Waals surface area contributed by atoms with Gasteiger partial charge in [-0.15, -0.1) is 0 Å². The molecule has 0 amide bonds. The minimum Gasteiger partial charge on any atom is -0.469 e. The Labute approximate surface area is 73.7 Å². The largest absolute Gasteiger partial charge is 0.469 e. The van der Waals surface area contributed by atoms with Crippen LogP contribution in [0.2, 0.25) is 0 Å². The van der Waals surface area contributed by atoms with Gasteiger partial charge in [-0.2, -0.15) is 0 Å². The van der Waals surface area contributed by atoms with Gasteiger partial charge >= 0.3 is 5.97 Å². The van der Waals surface area contributed by atoms with Crippen molar-refractivity contribution < 1.29 is 14.4 Å². The Morgan fingerprint density at radius 1 is 1.33 bits per heavy atom. The van der Waals surface area contributed by atoms with E-state index in [0.717, 1.165) is 6.54 Å². The maximum atomic E-state index is 10.8. The van der Waals surface area contributed by atoms with E-state index in [1.807, 2.05) is 0 Å². The molecule has 1 fully saturated rings. The highest BCUT2D eigenvalue weighted by Gasteiger charge is 2.14. The monoisotopic (exact) mass is 172 g/mol. The van der Waals surface area contributed by atoms with Gasteiger partial charge in [-0.05, 0) is 19.3 Å². The Kier molecular flexibility index (Phi) is 4.08. The van der Waals surface area contributed by atoms with Gasteiger partial charge in [0, 0.05) is 0 Å². The van der Waals surface area contributed by atoms with Crippen molar-refractivity contribution in [2.45, 2.75) is 25.7 Å². The molecule has 1 aliphatic heterocycles. The number of hydrogen-bond donors (Lipinski definition) is 1. The molecular weight excluding hydrogens is 154 g/mol. The minimum atomic E-state index is -0.0759. The predicted octanol–water partition coefficient (Wildman–Crippen LogP) is -0.382. The van der Waals surface area contributed by atoms with Gasteiger partial charge in [0.15, 0.2) is 0 Å². The van der Waals surface area contributed by atoms with Gasteiger partial charge < -0.3 is 9.64 Å². The van der Waals surface area contributed by atoms with Gasteiger partial charge in [-0.25, -0.2) is 0 Å². The third kappa shape index (κ3) is 3.22. The summed E-state index contributed by atoms with van der Waals surface area (Å²) in [5.74, 6) is -0.0759. The summed E-state index contributed by atoms with van der Waals surface area (Å²) < 4.78 is 4.59. The Morgan fingerprint density at radius 3 is 2.58 bits per heavy atom. The number of rotatable bonds is 3. The van der Waals surface area contributed by atoms with E-state index >= 15 is 0 Å². The third-order valence-electron chi connectivity index (χ3n) is 2.47. The van der Waals surface area contributed by atoms with Gasteiger partial charge in [0.2, 0.25) is 0 Å². The van der Waals surface area contributed by atoms with Crippen molar-refractivity contribution in [2.24, 2.45) is 0 Å². The SMILES string of the molecule is COC(=O)CC[NH+]1CCCCC1. The molecule has 0 atom stereocenters. The van der Waals surface area contributed by atoms with Crippen LogP contribution in [-0.2, 0) is 9.53 Å². The zero-order valence-electron chi connectivity index (χ0n) is 7.77. The second-order valence-electron chi connectivity index (χ2n) is 3.39. The Morgan fingerprint density at radius 2 is 2.00 bits per heavy atom. The van der Waals surface area contributed by atoms with E-state index < -0.39 is 0 Å². The highest BCUT2D eigenvalue weighted by Crippen LogP contribution is 1.94. The maximum Gasteiger partial charge on any atom is 0.311 e. The Bertz CT molecular complexity index is 141. The number of hydrogen-bond acceptors (Lipinski definition) is 2. The minimum absolute atomic E-state index is 0.0759. The summed E-state index contributed by atoms with van der Waals surface area (Å²) in [4.78, 5) is 12.4. The molecule has 1 heterocycles. The molecule has 0 aromatic rings. The summed E-state index contributed by atoms with van der Waals surface area (Å²) >= 11 is 0. The quantitative estimate of drug-likeness (QED) is 0.588. The van der Waals surface area contributed by atoms with Gasteiger partial charge in [0.25, 0.3) is 0 Å². The molecule has 0 aromatic carbocycles. The first-order valence-corrected chi connectivity index (χ1v) is 4.73. The number of carbonyl (C=O) groups excluding carboxylic acids is 1. The zero-order chi connectivity index (χ0) is 8.81. The second kappa shape index (κ2) is 5.14. The molecule has 1 aliphatic rings. The molecule has 12 heavy (non-hydrogen) atoms. The molecule has 0 spiro atoms. The Hall–Kier alpha value is -0.570. The summed E-state index contributed by atoms with van der Waals surface area (Å²) in [6, 6.07) is 0. The van der Waals surface area contributed by atoms with E-state index in [4.69, 9.17) is 0 Å². The van der Waals surface area contributed by atoms with E-state index in [-0.39, 0.29) is 5.97 Å². The summed E-state index contributed by atoms with van der Waals surface area (Å²) in [7, 11) is 1.45. The molecule has 0 aliphatic carbocycles. The van der Waals surface area contributed by atoms with Crippen LogP contribution in [0.1, 0.15) is 25.7 Å². The van der Waals surface area contributed by atoms with Crippen molar-refractivity contribution in [3.63, 3.8) is 0 Å². The van der Waals surface area contributed by atoms with Crippen LogP contribution in [-0.4, -0.2) is 32.7 Å². The van der Waals surface area contributed by atoms with Crippen molar-refractivity contribution in [1.29, 1.82) is 0 Å². The van der Waals surface area contributed by atoms with E-state index in [1.165, 1.54) is 39.5 Å². The lowest BCUT2D eigenvalue weighted by Gasteiger charge is -2.22. The van der Waals surface area contributed by atoms with Crippen LogP contribution in [0.15, 0.2) is 0 Å². The second-order valence-corrected chi connectivity index (χ2v) is 3.39. The number of nitrogens with one attached hydrogen (secondary N) is 1. The average Bonchev–Trinajstić information content (AvgIpc) is 2.16. The van der Waals surface area contributed by atoms with Crippen LogP contribution in [0.4, 0.5) is 0 Å². The molecule has 1 N–H and O–H groups in total. The van der Waals surface area contributed by atoms with Gasteiger partial charge in [0.1, 0.15) is 0 Å². The van der Waals surface area contributed by atoms with Crippen LogP contribution in [0, 0.1) is 0 Å². The lowest BCUT2D eigenvalue weighted by molar-refractivity contribution is -0.904. The molecule has 0 aromatic heterocycles. The fourth-order valence-corrected chi connectivity index (χ4v) is 1.68. The number of esters is 1. The third-order valence-corrected chi connectivity index (χ3v) is 2.47. The lowest BCUT2D eigenvalue weighted by Crippen LogP contribution is -3.12. The maximum absolute atomic E-state index is 10.8. The molecule has 3 heteroatoms. The smallest absolute Gasteiger partial charge is 0.311 e. The van der Waals surface area contributed by atoms with Crippen LogP contribution in [0.5, 0.6) is 0 Å². The highest BCUT2D eigenvalue weighted by atomic mass is 16.5. The summed E-state index contributed by atoms with van der Waals surface area (Å²) in [6.07, 6.45) is 4.57. The summed E-state index contributed by atoms with van der Waals surface area (Å²) in [6.45, 7) is 3.42. The number of methoxy groups -OCH3 is 1. The van der Waals surface area contributed by atoms with Crippen LogP contribution in [0.3, 0.4) is 0 Å². The topological polar surface area (TPSA) is 30.7 Å². The average molecular weight is 172 g/mol. The van der Waals surface area contributed by atoms with Crippen molar-refractivity contribution in [1.82, 2.24) is 0 Å². The number of likely N-dealkylation sites (tertiary alicyclic amines) is 1. The molecule has 0 radical (unpaired) electrons. The highest BCUT2D eigenvalue weighted by molar-refractivity contribution is 5.69. The van der Waals surface area contributed by atoms with E-state index in [9.17, 15) is 4.79 Å². The van der Waals surface area contributed by atoms with Crippen LogP contribution >= 0.6 is 0 Å². The van der Waals surface area contributed by atoms with Crippen molar-refractivity contribution in [2.75, 3.05) is 26.7 Å². The molecular formula is C9H18NO2+. The first-order valence-electron chi connectivity index (χ1n) is 4.73. The van der Waals surface area contributed by atoms with Crippen molar-refractivity contribution in [3.05, 3.63) is 0 Å². The fourth-order valence-electron chi connectivity index (χ4n) is 1.68. The van der Waals surface area contributed by atoms with Crippen LogP contribution in [0.25, 0.3) is 0 Å². The number of carbonyl (C=O) groups is 1. The first-order chi connectivity index (χ1) is 5.83. The van der Waals surface area contributed by atoms with Crippen molar-refractivity contribution >= 4 is 5.97 Å². The van der Waals surface area contributed by atoms with Gasteiger partial charge in [-0.1, -0.05) is 0 Å². The molecule has 1 saturated heterocycles. The fraction of sp³-hybridized carbons (Fsp3) is 0.889. The predicted molar refractivity (Wildman–Crippen MR) is 46.0 cm³/mol. The standard InChI is InChI=1S/C9H17NO2/c1-12-9(11)5-8-10-6-3-2-4-7-10/h2-8H2,1H3/p+1. The molecule has 1 rings (SSSR count). The molecule has 0 bridgehead atoms. The van der Waals surface area contributed by atoms with E-state index in [2.05, 4.69) is 4.74 Å². The first kappa shape index (κ1) is 9.52. The van der Waals surface area contributed by atoms with E-state index in [0.29, 0.717) is 6.42 Å². The van der Waals surface area contributed by atoms with Gasteiger partial charge in [-0.3, -0.25) is 4.79 Å². The zero-order valence-corrected chi connectivity index (χ0v) is 7.77. The number of piperidine rings is 1. The summed E-state index contributed by atoms with van der Waals surface area (Å²) in [5.41, 5.74) is 0. The lowest BCUT2D eigenvalue weighted by atomic mass is 10.1. The Balaban J connectivity index is 2.09. The molecule has 0 unspecified atom stereocenters. The molecule has 70 valence electrons. The normalized spacial score (nSPS) is 19.1. The van der Waals surface area contributed by atoms with E-state index in [1.54, 1.807) is 4.90 Å². The van der Waals surface area contributed by atoms with Crippen molar-refractivity contribution in [3.8, 4) is 0 Å². The van der Waals surface area contributed by atoms with Crippen LogP contribution < -0.4 is 4.90 Å². The number of ether oxygens (including phenoxy) is 1. The van der Waals surface area contributed by atoms with Gasteiger partial charge in [0.05, 0.1) is 33.2 Å². The molecule has 0 saturated carbocycles.